The number of ketones is 1. The second-order valence-electron chi connectivity index (χ2n) is 14.3. The Bertz CT molecular complexity index is 1950. The normalized spacial score (nSPS) is 12.4. The molecule has 1 radical (unpaired) electrons. The van der Waals surface area contributed by atoms with Gasteiger partial charge in [0.25, 0.3) is 0 Å². The van der Waals surface area contributed by atoms with Gasteiger partial charge in [-0.2, -0.15) is 13.2 Å². The van der Waals surface area contributed by atoms with E-state index in [-0.39, 0.29) is 49.9 Å². The smallest absolute Gasteiger partial charge is 0.394 e. The Morgan fingerprint density at radius 1 is 0.904 bits per heavy atom. The molecule has 0 saturated carbocycles. The second kappa shape index (κ2) is 18.3. The van der Waals surface area contributed by atoms with Crippen molar-refractivity contribution in [2.24, 2.45) is 17.3 Å². The molecule has 52 heavy (non-hydrogen) atoms. The molecule has 0 spiro atoms. The van der Waals surface area contributed by atoms with E-state index < -0.39 is 11.6 Å². The molecule has 2 aromatic heterocycles. The van der Waals surface area contributed by atoms with E-state index in [4.69, 9.17) is 4.42 Å². The van der Waals surface area contributed by atoms with Gasteiger partial charge in [0.15, 0.2) is 5.78 Å². The summed E-state index contributed by atoms with van der Waals surface area (Å²) in [5, 5.41) is 12.9. The largest absolute Gasteiger partial charge is 0.512 e. The van der Waals surface area contributed by atoms with Crippen molar-refractivity contribution in [1.82, 2.24) is 4.98 Å². The summed E-state index contributed by atoms with van der Waals surface area (Å²) in [4.78, 5) is 16.4. The number of pyridine rings is 1. The minimum absolute atomic E-state index is 0. The van der Waals surface area contributed by atoms with Crippen LogP contribution in [0, 0.1) is 23.3 Å². The zero-order chi connectivity index (χ0) is 37.5. The van der Waals surface area contributed by atoms with Gasteiger partial charge in [0.1, 0.15) is 11.3 Å². The van der Waals surface area contributed by atoms with Crippen LogP contribution in [0.2, 0.25) is 0 Å². The van der Waals surface area contributed by atoms with E-state index in [1.54, 1.807) is 18.3 Å². The van der Waals surface area contributed by atoms with E-state index in [2.05, 4.69) is 43.1 Å². The van der Waals surface area contributed by atoms with Crippen molar-refractivity contribution in [3.05, 3.63) is 102 Å². The van der Waals surface area contributed by atoms with Crippen molar-refractivity contribution in [3.63, 3.8) is 0 Å². The molecule has 3 aromatic carbocycles. The fourth-order valence-corrected chi connectivity index (χ4v) is 6.34. The predicted molar refractivity (Wildman–Crippen MR) is 203 cm³/mol. The number of furan rings is 1. The van der Waals surface area contributed by atoms with Crippen molar-refractivity contribution in [1.29, 1.82) is 0 Å². The molecular formula is C44H51F3IrNO3-. The van der Waals surface area contributed by atoms with Crippen molar-refractivity contribution >= 4 is 27.5 Å². The minimum Gasteiger partial charge on any atom is -0.512 e. The van der Waals surface area contributed by atoms with Gasteiger partial charge in [-0.25, -0.2) is 0 Å². The van der Waals surface area contributed by atoms with Crippen LogP contribution >= 0.6 is 0 Å². The fourth-order valence-electron chi connectivity index (χ4n) is 6.34. The van der Waals surface area contributed by atoms with Gasteiger partial charge < -0.3 is 9.52 Å². The molecule has 0 unspecified atom stereocenters. The van der Waals surface area contributed by atoms with Crippen LogP contribution in [0.1, 0.15) is 98.1 Å². The molecule has 4 nitrogen and oxygen atoms in total. The summed E-state index contributed by atoms with van der Waals surface area (Å²) in [6.07, 6.45) is 2.32. The SMILES string of the molecule is CC(C)c1cc(-c2nccc3cc(-c4ccc(CC(C)(C)C(F)(F)F)cc4)oc23)[c-]c2ccccc12.CCC(CC)C(=O)/C=C(\O)C(CC)CC.[Ir]. The van der Waals surface area contributed by atoms with Gasteiger partial charge in [0, 0.05) is 60.9 Å². The van der Waals surface area contributed by atoms with Gasteiger partial charge in [-0.1, -0.05) is 109 Å². The summed E-state index contributed by atoms with van der Waals surface area (Å²) >= 11 is 0. The number of aromatic nitrogens is 1. The number of aliphatic hydroxyl groups is 1. The molecule has 0 saturated heterocycles. The number of nitrogens with zero attached hydrogens (tertiary/aromatic N) is 1. The Hall–Kier alpha value is -3.74. The summed E-state index contributed by atoms with van der Waals surface area (Å²) < 4.78 is 46.2. The third kappa shape index (κ3) is 10.0. The van der Waals surface area contributed by atoms with Crippen LogP contribution in [-0.4, -0.2) is 22.1 Å². The molecule has 5 rings (SSSR count). The number of carbonyl (C=O) groups excluding carboxylic acids is 1. The molecule has 5 aromatic rings. The summed E-state index contributed by atoms with van der Waals surface area (Å²) in [5.41, 5.74) is 3.11. The Morgan fingerprint density at radius 2 is 1.52 bits per heavy atom. The van der Waals surface area contributed by atoms with Gasteiger partial charge in [-0.3, -0.25) is 9.78 Å². The van der Waals surface area contributed by atoms with Crippen molar-refractivity contribution in [2.45, 2.75) is 99.6 Å². The van der Waals surface area contributed by atoms with Crippen molar-refractivity contribution in [2.75, 3.05) is 0 Å². The maximum Gasteiger partial charge on any atom is 0.394 e. The predicted octanol–water partition coefficient (Wildman–Crippen LogP) is 13.2. The molecule has 0 aliphatic rings. The fraction of sp³-hybridized carbons (Fsp3) is 0.409. The number of fused-ring (bicyclic) bond motifs is 2. The molecule has 8 heteroatoms. The number of hydrogen-bond donors (Lipinski definition) is 1. The van der Waals surface area contributed by atoms with Crippen molar-refractivity contribution < 1.29 is 47.6 Å². The second-order valence-corrected chi connectivity index (χ2v) is 14.3. The maximum absolute atomic E-state index is 13.3. The van der Waals surface area contributed by atoms with Gasteiger partial charge in [0.05, 0.1) is 11.2 Å². The van der Waals surface area contributed by atoms with Crippen LogP contribution in [0.15, 0.2) is 89.2 Å². The maximum atomic E-state index is 13.3. The quantitative estimate of drug-likeness (QED) is 0.0770. The number of halogens is 3. The van der Waals surface area contributed by atoms with Crippen LogP contribution in [0.25, 0.3) is 44.3 Å². The van der Waals surface area contributed by atoms with E-state index in [9.17, 15) is 23.1 Å². The molecule has 0 bridgehead atoms. The molecule has 281 valence electrons. The van der Waals surface area contributed by atoms with Gasteiger partial charge in [-0.05, 0) is 55.7 Å². The third-order valence-electron chi connectivity index (χ3n) is 9.85. The number of carbonyl (C=O) groups is 1. The number of alkyl halides is 3. The zero-order valence-corrected chi connectivity index (χ0v) is 33.8. The summed E-state index contributed by atoms with van der Waals surface area (Å²) in [6.45, 7) is 14.9. The zero-order valence-electron chi connectivity index (χ0n) is 31.5. The number of aliphatic hydroxyl groups excluding tert-OH is 1. The first-order valence-electron chi connectivity index (χ1n) is 18.1. The van der Waals surface area contributed by atoms with Crippen LogP contribution < -0.4 is 0 Å². The van der Waals surface area contributed by atoms with E-state index in [1.807, 2.05) is 64.1 Å². The molecule has 0 fully saturated rings. The first-order chi connectivity index (χ1) is 24.1. The van der Waals surface area contributed by atoms with E-state index in [0.717, 1.165) is 53.3 Å². The average Bonchev–Trinajstić information content (AvgIpc) is 3.53. The van der Waals surface area contributed by atoms with Crippen LogP contribution in [0.4, 0.5) is 13.2 Å². The van der Waals surface area contributed by atoms with E-state index >= 15 is 0 Å². The van der Waals surface area contributed by atoms with Crippen LogP contribution in [0.3, 0.4) is 0 Å². The molecule has 0 aliphatic heterocycles. The summed E-state index contributed by atoms with van der Waals surface area (Å²) in [6, 6.07) is 24.8. The van der Waals surface area contributed by atoms with E-state index in [1.165, 1.54) is 30.9 Å². The molecule has 0 aliphatic carbocycles. The molecule has 2 heterocycles. The first-order valence-corrected chi connectivity index (χ1v) is 18.1. The molecule has 0 amide bonds. The topological polar surface area (TPSA) is 63.3 Å². The Morgan fingerprint density at radius 3 is 2.10 bits per heavy atom. The Labute approximate surface area is 320 Å². The van der Waals surface area contributed by atoms with Gasteiger partial charge in [-0.15, -0.1) is 29.1 Å². The molecular weight excluding hydrogens is 840 g/mol. The summed E-state index contributed by atoms with van der Waals surface area (Å²) in [7, 11) is 0. The molecule has 1 N–H and O–H groups in total. The van der Waals surface area contributed by atoms with E-state index in [0.29, 0.717) is 22.8 Å². The Kier molecular flexibility index (Phi) is 15.0. The average molecular weight is 891 g/mol. The third-order valence-corrected chi connectivity index (χ3v) is 9.85. The molecule has 0 atom stereocenters. The monoisotopic (exact) mass is 891 g/mol. The number of benzene rings is 3. The standard InChI is InChI=1S/C31H27F3NO.C13H24O2.Ir/c1-19(2)26-16-24(15-22-7-5-6-8-25(22)26)28-29-23(13-14-35-28)17-27(36-29)21-11-9-20(10-12-21)18-30(3,4)31(32,33)34;1-5-10(6-2)12(14)9-13(15)11(7-3)8-4;/h5-14,16-17,19H,18H2,1-4H3;9-11,14H,5-8H2,1-4H3;/q-1;;/b;12-9-;. The van der Waals surface area contributed by atoms with Crippen LogP contribution in [-0.2, 0) is 31.3 Å². The van der Waals surface area contributed by atoms with Crippen molar-refractivity contribution in [3.8, 4) is 22.6 Å². The summed E-state index contributed by atoms with van der Waals surface area (Å²) in [5.74, 6) is 1.52. The van der Waals surface area contributed by atoms with Gasteiger partial charge >= 0.3 is 6.18 Å². The number of rotatable bonds is 12. The van der Waals surface area contributed by atoms with Gasteiger partial charge in [0.2, 0.25) is 0 Å². The first kappa shape index (κ1) is 42.7. The minimum atomic E-state index is -4.26. The van der Waals surface area contributed by atoms with Crippen LogP contribution in [0.5, 0.6) is 0 Å². The number of allylic oxidation sites excluding steroid dienone is 2. The number of hydrogen-bond acceptors (Lipinski definition) is 4. The Balaban J connectivity index is 0.000000389.